The summed E-state index contributed by atoms with van der Waals surface area (Å²) in [6.07, 6.45) is 3.14. The second-order valence-corrected chi connectivity index (χ2v) is 16.0. The summed E-state index contributed by atoms with van der Waals surface area (Å²) in [6.45, 7) is 7.61. The molecule has 2 aromatic carbocycles. The molecule has 56 heavy (non-hydrogen) atoms. The lowest BCUT2D eigenvalue weighted by Gasteiger charge is -2.39. The van der Waals surface area contributed by atoms with E-state index in [1.165, 1.54) is 14.7 Å². The van der Waals surface area contributed by atoms with Gasteiger partial charge in [-0.1, -0.05) is 66.6 Å². The molecule has 2 aromatic rings. The maximum absolute atomic E-state index is 14.5. The molecule has 0 saturated carbocycles. The van der Waals surface area contributed by atoms with E-state index >= 15 is 0 Å². The molecule has 4 heterocycles. The Kier molecular flexibility index (Phi) is 12.8. The van der Waals surface area contributed by atoms with Crippen LogP contribution < -0.4 is 16.0 Å². The molecule has 0 unspecified atom stereocenters. The molecule has 6 rings (SSSR count). The van der Waals surface area contributed by atoms with Crippen LogP contribution in [0.5, 0.6) is 0 Å². The van der Waals surface area contributed by atoms with Gasteiger partial charge in [0.2, 0.25) is 35.4 Å². The van der Waals surface area contributed by atoms with Gasteiger partial charge in [0.25, 0.3) is 0 Å². The van der Waals surface area contributed by atoms with Crippen molar-refractivity contribution in [2.24, 2.45) is 5.92 Å². The lowest BCUT2D eigenvalue weighted by atomic mass is 9.99. The van der Waals surface area contributed by atoms with Crippen molar-refractivity contribution in [2.45, 2.75) is 115 Å². The molecule has 4 aliphatic heterocycles. The normalized spacial score (nSPS) is 26.8. The zero-order valence-electron chi connectivity index (χ0n) is 32.8. The summed E-state index contributed by atoms with van der Waals surface area (Å²) in [7, 11) is 0. The van der Waals surface area contributed by atoms with Crippen molar-refractivity contribution in [2.75, 3.05) is 26.2 Å². The first-order valence-electron chi connectivity index (χ1n) is 19.9. The largest absolute Gasteiger partial charge is 0.461 e. The summed E-state index contributed by atoms with van der Waals surface area (Å²) in [6, 6.07) is 8.90. The molecule has 0 spiro atoms. The summed E-state index contributed by atoms with van der Waals surface area (Å²) in [5.74, 6) is -3.74. The summed E-state index contributed by atoms with van der Waals surface area (Å²) in [5, 5.41) is 8.45. The Labute approximate surface area is 328 Å². The smallest absolute Gasteiger partial charge is 0.328 e. The molecule has 300 valence electrons. The van der Waals surface area contributed by atoms with E-state index in [1.54, 1.807) is 6.92 Å². The minimum atomic E-state index is -1.41. The van der Waals surface area contributed by atoms with Gasteiger partial charge in [0.1, 0.15) is 42.9 Å². The van der Waals surface area contributed by atoms with Gasteiger partial charge in [-0.25, -0.2) is 4.79 Å². The number of benzene rings is 2. The first kappa shape index (κ1) is 40.4. The highest BCUT2D eigenvalue weighted by Gasteiger charge is 2.46. The number of fused-ring (bicyclic) bond motifs is 3. The lowest BCUT2D eigenvalue weighted by molar-refractivity contribution is -0.158. The molecular formula is C42H54N6O8. The predicted molar refractivity (Wildman–Crippen MR) is 206 cm³/mol. The number of piperidine rings is 1. The van der Waals surface area contributed by atoms with Gasteiger partial charge in [-0.3, -0.25) is 28.8 Å². The number of nitrogens with zero attached hydrogens (tertiary/aromatic N) is 3. The van der Waals surface area contributed by atoms with Gasteiger partial charge >= 0.3 is 5.97 Å². The third-order valence-corrected chi connectivity index (χ3v) is 11.4. The summed E-state index contributed by atoms with van der Waals surface area (Å²) in [5.41, 5.74) is 3.57. The Morgan fingerprint density at radius 3 is 2.27 bits per heavy atom. The van der Waals surface area contributed by atoms with Crippen LogP contribution in [0.25, 0.3) is 0 Å². The Morgan fingerprint density at radius 2 is 1.52 bits per heavy atom. The number of cyclic esters (lactones) is 1. The first-order chi connectivity index (χ1) is 26.8. The molecule has 0 bridgehead atoms. The number of nitrogens with one attached hydrogen (secondary N) is 3. The topological polar surface area (TPSA) is 175 Å². The van der Waals surface area contributed by atoms with E-state index in [2.05, 4.69) is 16.0 Å². The fourth-order valence-corrected chi connectivity index (χ4v) is 8.41. The number of hydrogen-bond donors (Lipinski definition) is 3. The minimum absolute atomic E-state index is 0.0264. The standard InChI is InChI=1S/C42H54N6O8/c1-25-13-15-29(16-14-25)22-36(49)44-31(21-30-10-7-9-26(2)19-30)37(50)45-32-24-56-42(55)35-20-27(3)23-48(35)39(52)28(4)43-38(51)33-11-5-6-17-46(33)41(54)34-12-8-18-47(34)40(32)53/h7,9-10,13-16,19,27-28,31-35H,5-6,8,11-12,17-18,20-24H2,1-4H3,(H,43,51)(H,44,49)(H,45,50)/t27-,28+,31+,32+,33+,34+,35+/m1/s1. The molecule has 6 amide bonds. The molecule has 4 aliphatic rings. The third-order valence-electron chi connectivity index (χ3n) is 11.4. The van der Waals surface area contributed by atoms with Crippen molar-refractivity contribution in [1.29, 1.82) is 0 Å². The second-order valence-electron chi connectivity index (χ2n) is 16.0. The average Bonchev–Trinajstić information content (AvgIpc) is 3.83. The van der Waals surface area contributed by atoms with Crippen LogP contribution in [0, 0.1) is 19.8 Å². The number of carbonyl (C=O) groups excluding carboxylic acids is 7. The van der Waals surface area contributed by atoms with E-state index in [0.29, 0.717) is 45.1 Å². The lowest BCUT2D eigenvalue weighted by Crippen LogP contribution is -2.62. The van der Waals surface area contributed by atoms with E-state index < -0.39 is 78.4 Å². The number of amides is 6. The van der Waals surface area contributed by atoms with Crippen molar-refractivity contribution in [3.05, 3.63) is 70.8 Å². The quantitative estimate of drug-likeness (QED) is 0.357. The monoisotopic (exact) mass is 770 g/mol. The molecule has 4 saturated heterocycles. The zero-order valence-corrected chi connectivity index (χ0v) is 32.8. The summed E-state index contributed by atoms with van der Waals surface area (Å²) in [4.78, 5) is 102. The van der Waals surface area contributed by atoms with Gasteiger partial charge in [-0.05, 0) is 76.3 Å². The van der Waals surface area contributed by atoms with Crippen LogP contribution in [0.3, 0.4) is 0 Å². The van der Waals surface area contributed by atoms with E-state index in [9.17, 15) is 33.6 Å². The molecule has 0 aromatic heterocycles. The third kappa shape index (κ3) is 9.39. The highest BCUT2D eigenvalue weighted by atomic mass is 16.5. The van der Waals surface area contributed by atoms with E-state index in [1.807, 2.05) is 69.3 Å². The van der Waals surface area contributed by atoms with Gasteiger partial charge in [-0.15, -0.1) is 0 Å². The summed E-state index contributed by atoms with van der Waals surface area (Å²) >= 11 is 0. The van der Waals surface area contributed by atoms with Gasteiger partial charge < -0.3 is 35.4 Å². The molecule has 7 atom stereocenters. The molecular weight excluding hydrogens is 716 g/mol. The maximum Gasteiger partial charge on any atom is 0.328 e. The second kappa shape index (κ2) is 17.7. The SMILES string of the molecule is Cc1ccc(CC(=O)N[C@@H](Cc2cccc(C)c2)C(=O)N[C@H]2COC(=O)[C@@H]3C[C@@H](C)CN3C(=O)[C@H](C)NC(=O)[C@@H]3CCCCN3C(=O)[C@@H]3CCCN3C2=O)cc1. The first-order valence-corrected chi connectivity index (χ1v) is 19.9. The number of esters is 1. The number of aryl methyl sites for hydroxylation is 2. The van der Waals surface area contributed by atoms with Crippen LogP contribution in [-0.4, -0.2) is 119 Å². The van der Waals surface area contributed by atoms with Gasteiger partial charge in [-0.2, -0.15) is 0 Å². The van der Waals surface area contributed by atoms with Crippen LogP contribution in [0.1, 0.15) is 74.6 Å². The van der Waals surface area contributed by atoms with Crippen LogP contribution in [-0.2, 0) is 51.1 Å². The van der Waals surface area contributed by atoms with Crippen LogP contribution in [0.15, 0.2) is 48.5 Å². The van der Waals surface area contributed by atoms with Gasteiger partial charge in [0, 0.05) is 26.1 Å². The number of hydrogen-bond acceptors (Lipinski definition) is 8. The molecule has 0 radical (unpaired) electrons. The van der Waals surface area contributed by atoms with Crippen molar-refractivity contribution < 1.29 is 38.3 Å². The molecule has 3 N–H and O–H groups in total. The Balaban J connectivity index is 1.30. The molecule has 14 nitrogen and oxygen atoms in total. The summed E-state index contributed by atoms with van der Waals surface area (Å²) < 4.78 is 5.77. The van der Waals surface area contributed by atoms with Crippen molar-refractivity contribution >= 4 is 41.4 Å². The van der Waals surface area contributed by atoms with Gasteiger partial charge in [0.05, 0.1) is 6.42 Å². The van der Waals surface area contributed by atoms with Crippen molar-refractivity contribution in [3.8, 4) is 0 Å². The van der Waals surface area contributed by atoms with Crippen molar-refractivity contribution in [3.63, 3.8) is 0 Å². The van der Waals surface area contributed by atoms with E-state index in [4.69, 9.17) is 4.74 Å². The van der Waals surface area contributed by atoms with Gasteiger partial charge in [0.15, 0.2) is 0 Å². The highest BCUT2D eigenvalue weighted by Crippen LogP contribution is 2.28. The fraction of sp³-hybridized carbons (Fsp3) is 0.548. The fourth-order valence-electron chi connectivity index (χ4n) is 8.41. The molecule has 4 fully saturated rings. The number of carbonyl (C=O) groups is 7. The average molecular weight is 771 g/mol. The van der Waals surface area contributed by atoms with Crippen LogP contribution >= 0.6 is 0 Å². The zero-order chi connectivity index (χ0) is 40.1. The number of ether oxygens (including phenoxy) is 1. The van der Waals surface area contributed by atoms with E-state index in [-0.39, 0.29) is 37.8 Å². The molecule has 14 heteroatoms. The van der Waals surface area contributed by atoms with E-state index in [0.717, 1.165) is 22.3 Å². The predicted octanol–water partition coefficient (Wildman–Crippen LogP) is 1.73. The Morgan fingerprint density at radius 1 is 0.804 bits per heavy atom. The van der Waals surface area contributed by atoms with Crippen molar-refractivity contribution in [1.82, 2.24) is 30.7 Å². The van der Waals surface area contributed by atoms with Crippen LogP contribution in [0.2, 0.25) is 0 Å². The Bertz CT molecular complexity index is 1830. The minimum Gasteiger partial charge on any atom is -0.461 e. The number of rotatable bonds is 7. The maximum atomic E-state index is 14.5. The molecule has 0 aliphatic carbocycles. The van der Waals surface area contributed by atoms with Crippen LogP contribution in [0.4, 0.5) is 0 Å². The Hall–Kier alpha value is -5.27. The highest BCUT2D eigenvalue weighted by molar-refractivity contribution is 5.98.